The standard InChI is InChI=1S/C33H34N2O8S/c1-6-8-14-43-21-11-9-10-19(15-21)29(36)27-28(20-16-24(39-3)31(41-5)25(17-20)40-4)35(32(38)30(27)37)33-34-23-13-12-22(42-7-2)18-26(23)44-33/h9-13,15-18,28,36H,6-8,14H2,1-5H3. The lowest BCUT2D eigenvalue weighted by atomic mass is 9.94. The van der Waals surface area contributed by atoms with Gasteiger partial charge in [-0.2, -0.15) is 0 Å². The summed E-state index contributed by atoms with van der Waals surface area (Å²) >= 11 is 1.24. The number of aliphatic hydroxyl groups excluding tert-OH is 1. The first kappa shape index (κ1) is 30.7. The minimum absolute atomic E-state index is 0.107. The van der Waals surface area contributed by atoms with E-state index < -0.39 is 17.7 Å². The smallest absolute Gasteiger partial charge is 0.301 e. The van der Waals surface area contributed by atoms with E-state index in [2.05, 4.69) is 6.92 Å². The molecule has 11 heteroatoms. The fourth-order valence-electron chi connectivity index (χ4n) is 5.08. The second-order valence-corrected chi connectivity index (χ2v) is 10.9. The molecule has 2 heterocycles. The molecular formula is C33H34N2O8S. The lowest BCUT2D eigenvalue weighted by Crippen LogP contribution is -2.29. The van der Waals surface area contributed by atoms with E-state index >= 15 is 0 Å². The first-order chi connectivity index (χ1) is 21.3. The molecule has 5 rings (SSSR count). The largest absolute Gasteiger partial charge is 0.507 e. The van der Waals surface area contributed by atoms with Crippen LogP contribution in [0.2, 0.25) is 0 Å². The highest BCUT2D eigenvalue weighted by Gasteiger charge is 2.48. The minimum Gasteiger partial charge on any atom is -0.507 e. The number of fused-ring (bicyclic) bond motifs is 1. The predicted octanol–water partition coefficient (Wildman–Crippen LogP) is 6.53. The number of unbranched alkanes of at least 4 members (excludes halogenated alkanes) is 1. The van der Waals surface area contributed by atoms with E-state index in [4.69, 9.17) is 28.7 Å². The molecule has 0 bridgehead atoms. The number of hydrogen-bond acceptors (Lipinski definition) is 10. The molecule has 230 valence electrons. The van der Waals surface area contributed by atoms with Gasteiger partial charge in [-0.15, -0.1) is 0 Å². The van der Waals surface area contributed by atoms with E-state index in [9.17, 15) is 14.7 Å². The van der Waals surface area contributed by atoms with E-state index in [-0.39, 0.29) is 16.5 Å². The average molecular weight is 619 g/mol. The van der Waals surface area contributed by atoms with E-state index in [0.29, 0.717) is 58.6 Å². The van der Waals surface area contributed by atoms with Crippen molar-refractivity contribution >= 4 is 44.1 Å². The molecule has 1 N–H and O–H groups in total. The lowest BCUT2D eigenvalue weighted by molar-refractivity contribution is -0.132. The summed E-state index contributed by atoms with van der Waals surface area (Å²) in [5.74, 6) is 0.171. The summed E-state index contributed by atoms with van der Waals surface area (Å²) in [6.07, 6.45) is 1.84. The molecule has 1 saturated heterocycles. The first-order valence-electron chi connectivity index (χ1n) is 14.2. The Hall–Kier alpha value is -4.77. The number of thiazole rings is 1. The van der Waals surface area contributed by atoms with Gasteiger partial charge in [0.2, 0.25) is 5.75 Å². The number of hydrogen-bond donors (Lipinski definition) is 1. The maximum atomic E-state index is 13.8. The van der Waals surface area contributed by atoms with Gasteiger partial charge in [0.1, 0.15) is 17.3 Å². The molecule has 0 aliphatic carbocycles. The molecule has 1 fully saturated rings. The molecule has 10 nitrogen and oxygen atoms in total. The van der Waals surface area contributed by atoms with Crippen molar-refractivity contribution in [3.63, 3.8) is 0 Å². The fraction of sp³-hybridized carbons (Fsp3) is 0.303. The maximum Gasteiger partial charge on any atom is 0.301 e. The number of ketones is 1. The summed E-state index contributed by atoms with van der Waals surface area (Å²) in [5.41, 5.74) is 1.31. The van der Waals surface area contributed by atoms with Gasteiger partial charge in [-0.05, 0) is 61.4 Å². The van der Waals surface area contributed by atoms with Crippen LogP contribution in [0.4, 0.5) is 5.13 Å². The van der Waals surface area contributed by atoms with Crippen LogP contribution in [0.25, 0.3) is 16.0 Å². The Morgan fingerprint density at radius 2 is 1.66 bits per heavy atom. The third kappa shape index (κ3) is 5.74. The number of Topliss-reactive ketones (excluding diaryl/α,β-unsaturated/α-hetero) is 1. The van der Waals surface area contributed by atoms with Crippen molar-refractivity contribution in [3.05, 3.63) is 71.3 Å². The van der Waals surface area contributed by atoms with Crippen LogP contribution in [0.5, 0.6) is 28.7 Å². The number of ether oxygens (including phenoxy) is 5. The number of carbonyl (C=O) groups excluding carboxylic acids is 2. The lowest BCUT2D eigenvalue weighted by Gasteiger charge is -2.24. The SMILES string of the molecule is CCCCOc1cccc(C(O)=C2C(=O)C(=O)N(c3nc4ccc(OCC)cc4s3)C2c2cc(OC)c(OC)c(OC)c2)c1. The number of methoxy groups -OCH3 is 3. The van der Waals surface area contributed by atoms with E-state index in [1.807, 2.05) is 13.0 Å². The zero-order valence-electron chi connectivity index (χ0n) is 25.2. The summed E-state index contributed by atoms with van der Waals surface area (Å²) in [6.45, 7) is 4.97. The molecule has 3 aromatic carbocycles. The topological polar surface area (TPSA) is 117 Å². The number of rotatable bonds is 12. The summed E-state index contributed by atoms with van der Waals surface area (Å²) in [4.78, 5) is 33.6. The third-order valence-electron chi connectivity index (χ3n) is 7.19. The van der Waals surface area contributed by atoms with Gasteiger partial charge in [0, 0.05) is 5.56 Å². The number of aromatic nitrogens is 1. The molecule has 0 spiro atoms. The molecule has 1 atom stereocenters. The van der Waals surface area contributed by atoms with Crippen LogP contribution in [0, 0.1) is 0 Å². The van der Waals surface area contributed by atoms with Gasteiger partial charge >= 0.3 is 5.91 Å². The normalized spacial score (nSPS) is 15.9. The zero-order chi connectivity index (χ0) is 31.4. The number of carbonyl (C=O) groups is 2. The molecule has 0 radical (unpaired) electrons. The zero-order valence-corrected chi connectivity index (χ0v) is 26.0. The summed E-state index contributed by atoms with van der Waals surface area (Å²) in [6, 6.07) is 14.5. The highest BCUT2D eigenvalue weighted by molar-refractivity contribution is 7.22. The van der Waals surface area contributed by atoms with E-state index in [1.165, 1.54) is 37.6 Å². The number of aliphatic hydroxyl groups is 1. The van der Waals surface area contributed by atoms with Gasteiger partial charge in [-0.3, -0.25) is 14.5 Å². The summed E-state index contributed by atoms with van der Waals surface area (Å²) in [7, 11) is 4.44. The van der Waals surface area contributed by atoms with Gasteiger partial charge < -0.3 is 28.8 Å². The van der Waals surface area contributed by atoms with Gasteiger partial charge in [0.25, 0.3) is 5.78 Å². The van der Waals surface area contributed by atoms with Gasteiger partial charge in [-0.25, -0.2) is 4.98 Å². The highest BCUT2D eigenvalue weighted by Crippen LogP contribution is 2.48. The van der Waals surface area contributed by atoms with Crippen molar-refractivity contribution in [3.8, 4) is 28.7 Å². The molecule has 1 aliphatic rings. The highest BCUT2D eigenvalue weighted by atomic mass is 32.1. The molecule has 4 aromatic rings. The predicted molar refractivity (Wildman–Crippen MR) is 169 cm³/mol. The second-order valence-electron chi connectivity index (χ2n) is 9.92. The van der Waals surface area contributed by atoms with E-state index in [0.717, 1.165) is 17.5 Å². The molecule has 0 saturated carbocycles. The number of benzene rings is 3. The Bertz CT molecular complexity index is 1710. The van der Waals surface area contributed by atoms with Crippen molar-refractivity contribution in [2.45, 2.75) is 32.7 Å². The van der Waals surface area contributed by atoms with Crippen LogP contribution >= 0.6 is 11.3 Å². The van der Waals surface area contributed by atoms with Gasteiger partial charge in [0.05, 0.1) is 56.4 Å². The summed E-state index contributed by atoms with van der Waals surface area (Å²) in [5, 5.41) is 12.0. The molecule has 1 aromatic heterocycles. The van der Waals surface area contributed by atoms with Crippen LogP contribution in [0.1, 0.15) is 43.9 Å². The Morgan fingerprint density at radius 3 is 2.32 bits per heavy atom. The quantitative estimate of drug-likeness (QED) is 0.0819. The molecule has 44 heavy (non-hydrogen) atoms. The van der Waals surface area contributed by atoms with E-state index in [1.54, 1.807) is 48.5 Å². The number of nitrogens with zero attached hydrogens (tertiary/aromatic N) is 2. The van der Waals surface area contributed by atoms with Crippen molar-refractivity contribution < 1.29 is 38.4 Å². The van der Waals surface area contributed by atoms with Crippen molar-refractivity contribution in [2.24, 2.45) is 0 Å². The van der Waals surface area contributed by atoms with Crippen LogP contribution in [-0.4, -0.2) is 56.3 Å². The Labute approximate surface area is 259 Å². The minimum atomic E-state index is -1.07. The molecule has 1 aliphatic heterocycles. The first-order valence-corrected chi connectivity index (χ1v) is 15.0. The van der Waals surface area contributed by atoms with Crippen LogP contribution < -0.4 is 28.6 Å². The van der Waals surface area contributed by atoms with Crippen molar-refractivity contribution in [1.29, 1.82) is 0 Å². The van der Waals surface area contributed by atoms with Gasteiger partial charge in [0.15, 0.2) is 16.6 Å². The van der Waals surface area contributed by atoms with Crippen LogP contribution in [0.3, 0.4) is 0 Å². The Morgan fingerprint density at radius 1 is 0.932 bits per heavy atom. The van der Waals surface area contributed by atoms with Crippen molar-refractivity contribution in [1.82, 2.24) is 4.98 Å². The monoisotopic (exact) mass is 618 g/mol. The fourth-order valence-corrected chi connectivity index (χ4v) is 6.10. The van der Waals surface area contributed by atoms with Crippen LogP contribution in [-0.2, 0) is 9.59 Å². The molecule has 1 amide bonds. The third-order valence-corrected chi connectivity index (χ3v) is 8.20. The van der Waals surface area contributed by atoms with Crippen molar-refractivity contribution in [2.75, 3.05) is 39.4 Å². The Balaban J connectivity index is 1.71. The number of anilines is 1. The van der Waals surface area contributed by atoms with Crippen LogP contribution in [0.15, 0.2) is 60.2 Å². The molecular weight excluding hydrogens is 584 g/mol. The number of amides is 1. The van der Waals surface area contributed by atoms with Gasteiger partial charge in [-0.1, -0.05) is 36.8 Å². The average Bonchev–Trinajstić information content (AvgIpc) is 3.57. The maximum absolute atomic E-state index is 13.8. The Kier molecular flexibility index (Phi) is 9.24. The molecule has 1 unspecified atom stereocenters. The summed E-state index contributed by atoms with van der Waals surface area (Å²) < 4.78 is 28.9. The second kappa shape index (κ2) is 13.3.